The van der Waals surface area contributed by atoms with Gasteiger partial charge in [0, 0.05) is 50.0 Å². The van der Waals surface area contributed by atoms with Crippen LogP contribution in [0.25, 0.3) is 32.7 Å². The highest BCUT2D eigenvalue weighted by Gasteiger charge is 2.22. The van der Waals surface area contributed by atoms with Crippen molar-refractivity contribution in [3.8, 4) is 0 Å². The number of halogens is 1. The molecule has 3 aromatic heterocycles. The summed E-state index contributed by atoms with van der Waals surface area (Å²) in [6.07, 6.45) is 2.65. The molecule has 0 fully saturated rings. The van der Waals surface area contributed by atoms with Crippen LogP contribution in [0.5, 0.6) is 0 Å². The average Bonchev–Trinajstić information content (AvgIpc) is 3.49. The van der Waals surface area contributed by atoms with E-state index in [1.165, 1.54) is 0 Å². The summed E-state index contributed by atoms with van der Waals surface area (Å²) in [5.74, 6) is -0.573. The molecule has 0 bridgehead atoms. The summed E-state index contributed by atoms with van der Waals surface area (Å²) in [6, 6.07) is 24.8. The van der Waals surface area contributed by atoms with E-state index in [0.29, 0.717) is 28.5 Å². The molecule has 0 atom stereocenters. The third-order valence-electron chi connectivity index (χ3n) is 6.42. The first-order valence-corrected chi connectivity index (χ1v) is 12.4. The van der Waals surface area contributed by atoms with E-state index in [2.05, 4.69) is 42.3 Å². The number of carbonyl (C=O) groups is 2. The van der Waals surface area contributed by atoms with E-state index in [0.717, 1.165) is 32.8 Å². The minimum absolute atomic E-state index is 0.210. The number of benzene rings is 3. The molecular weight excluding hydrogens is 516 g/mol. The van der Waals surface area contributed by atoms with Gasteiger partial charge in [0.1, 0.15) is 11.4 Å². The monoisotopic (exact) mass is 536 g/mol. The largest absolute Gasteiger partial charge is 0.361 e. The molecule has 6 aromatic rings. The van der Waals surface area contributed by atoms with Crippen molar-refractivity contribution < 1.29 is 9.59 Å². The van der Waals surface area contributed by atoms with E-state index in [9.17, 15) is 9.59 Å². The van der Waals surface area contributed by atoms with Crippen LogP contribution in [0.4, 0.5) is 0 Å². The number of nitrogens with one attached hydrogen (secondary N) is 3. The number of H-pyrrole nitrogens is 2. The maximum Gasteiger partial charge on any atom is 0.269 e. The van der Waals surface area contributed by atoms with Crippen molar-refractivity contribution in [1.82, 2.24) is 20.3 Å². The van der Waals surface area contributed by atoms with Gasteiger partial charge in [0.15, 0.2) is 0 Å². The van der Waals surface area contributed by atoms with Gasteiger partial charge in [-0.15, -0.1) is 0 Å². The highest BCUT2D eigenvalue weighted by molar-refractivity contribution is 9.10. The van der Waals surface area contributed by atoms with E-state index in [-0.39, 0.29) is 23.1 Å². The maximum atomic E-state index is 13.6. The molecule has 0 aliphatic heterocycles. The third kappa shape index (κ3) is 3.87. The normalized spacial score (nSPS) is 11.4. The molecule has 0 saturated carbocycles. The van der Waals surface area contributed by atoms with Gasteiger partial charge in [-0.2, -0.15) is 0 Å². The fraction of sp³-hybridized carbons (Fsp3) is 0.0690. The number of hydrogen-bond donors (Lipinski definition) is 3. The number of amides is 1. The molecule has 0 aliphatic rings. The third-order valence-corrected chi connectivity index (χ3v) is 7.11. The molecule has 0 saturated heterocycles. The van der Waals surface area contributed by atoms with Gasteiger partial charge in [0.25, 0.3) is 5.91 Å². The number of rotatable bonds is 6. The zero-order valence-corrected chi connectivity index (χ0v) is 20.7. The van der Waals surface area contributed by atoms with Crippen LogP contribution in [0.3, 0.4) is 0 Å². The Bertz CT molecular complexity index is 1780. The van der Waals surface area contributed by atoms with Gasteiger partial charge < -0.3 is 15.3 Å². The molecule has 6 nitrogen and oxygen atoms in total. The van der Waals surface area contributed by atoms with Crippen LogP contribution in [0.15, 0.2) is 89.5 Å². The quantitative estimate of drug-likeness (QED) is 0.222. The lowest BCUT2D eigenvalue weighted by molar-refractivity contribution is 0.0949. The Morgan fingerprint density at radius 3 is 2.42 bits per heavy atom. The molecule has 36 heavy (non-hydrogen) atoms. The first-order valence-electron chi connectivity index (χ1n) is 11.6. The molecule has 0 spiro atoms. The van der Waals surface area contributed by atoms with E-state index in [1.807, 2.05) is 66.9 Å². The zero-order valence-electron chi connectivity index (χ0n) is 19.1. The van der Waals surface area contributed by atoms with Gasteiger partial charge in [-0.1, -0.05) is 64.5 Å². The Labute approximate surface area is 214 Å². The number of aromatic amines is 2. The van der Waals surface area contributed by atoms with Gasteiger partial charge in [-0.25, -0.2) is 4.98 Å². The number of ketones is 1. The van der Waals surface area contributed by atoms with Crippen LogP contribution in [-0.2, 0) is 6.42 Å². The summed E-state index contributed by atoms with van der Waals surface area (Å²) in [5.41, 5.74) is 4.62. The average molecular weight is 537 g/mol. The molecule has 7 heteroatoms. The fourth-order valence-corrected chi connectivity index (χ4v) is 5.10. The fourth-order valence-electron chi connectivity index (χ4n) is 4.64. The predicted molar refractivity (Wildman–Crippen MR) is 146 cm³/mol. The lowest BCUT2D eigenvalue weighted by Crippen LogP contribution is -2.27. The number of aromatic nitrogens is 3. The Kier molecular flexibility index (Phi) is 5.62. The molecule has 176 valence electrons. The molecule has 3 N–H and O–H groups in total. The van der Waals surface area contributed by atoms with Gasteiger partial charge in [0.05, 0.1) is 5.52 Å². The molecular formula is C29H21BrN4O2. The van der Waals surface area contributed by atoms with Crippen molar-refractivity contribution in [2.75, 3.05) is 6.54 Å². The molecule has 1 amide bonds. The number of nitrogens with zero attached hydrogens (tertiary/aromatic N) is 1. The second-order valence-corrected chi connectivity index (χ2v) is 9.48. The van der Waals surface area contributed by atoms with Crippen molar-refractivity contribution in [2.45, 2.75) is 6.42 Å². The predicted octanol–water partition coefficient (Wildman–Crippen LogP) is 6.16. The number of hydrogen-bond acceptors (Lipinski definition) is 3. The summed E-state index contributed by atoms with van der Waals surface area (Å²) in [4.78, 5) is 37.9. The van der Waals surface area contributed by atoms with Crippen LogP contribution >= 0.6 is 15.9 Å². The standard InChI is InChI=1S/C29H21BrN4O2/c30-22-10-4-1-9-20(22)28(35)27-26-21(19-8-3-6-12-24(19)33-26)15-25(34-27)29(36)31-14-13-17-16-32-23-11-5-2-7-18(17)23/h1-12,15-16,32-33H,13-14H2,(H,31,36). The highest BCUT2D eigenvalue weighted by atomic mass is 79.9. The van der Waals surface area contributed by atoms with Crippen molar-refractivity contribution in [2.24, 2.45) is 0 Å². The van der Waals surface area contributed by atoms with Crippen molar-refractivity contribution in [3.63, 3.8) is 0 Å². The van der Waals surface area contributed by atoms with Gasteiger partial charge in [0.2, 0.25) is 5.78 Å². The molecule has 0 aliphatic carbocycles. The summed E-state index contributed by atoms with van der Waals surface area (Å²) in [5, 5.41) is 5.85. The van der Waals surface area contributed by atoms with Crippen LogP contribution in [-0.4, -0.2) is 33.2 Å². The number of para-hydroxylation sites is 2. The van der Waals surface area contributed by atoms with E-state index in [1.54, 1.807) is 12.1 Å². The van der Waals surface area contributed by atoms with Crippen LogP contribution in [0.1, 0.15) is 32.1 Å². The molecule has 0 radical (unpaired) electrons. The first kappa shape index (κ1) is 22.2. The number of pyridine rings is 1. The number of fused-ring (bicyclic) bond motifs is 4. The smallest absolute Gasteiger partial charge is 0.269 e. The topological polar surface area (TPSA) is 90.6 Å². The Hall–Kier alpha value is -4.23. The number of carbonyl (C=O) groups excluding carboxylic acids is 2. The van der Waals surface area contributed by atoms with Gasteiger partial charge in [-0.3, -0.25) is 9.59 Å². The van der Waals surface area contributed by atoms with Crippen molar-refractivity contribution in [3.05, 3.63) is 112 Å². The Morgan fingerprint density at radius 2 is 1.58 bits per heavy atom. The summed E-state index contributed by atoms with van der Waals surface area (Å²) in [7, 11) is 0. The second-order valence-electron chi connectivity index (χ2n) is 8.62. The minimum Gasteiger partial charge on any atom is -0.361 e. The maximum absolute atomic E-state index is 13.6. The molecule has 6 rings (SSSR count). The lowest BCUT2D eigenvalue weighted by Gasteiger charge is -2.09. The summed E-state index contributed by atoms with van der Waals surface area (Å²) >= 11 is 3.47. The van der Waals surface area contributed by atoms with Crippen LogP contribution in [0, 0.1) is 0 Å². The summed E-state index contributed by atoms with van der Waals surface area (Å²) < 4.78 is 0.676. The zero-order chi connectivity index (χ0) is 24.6. The molecule has 3 heterocycles. The molecule has 3 aromatic carbocycles. The SMILES string of the molecule is O=C(NCCc1c[nH]c2ccccc12)c1cc2c([nH]c3ccccc32)c(C(=O)c2ccccc2Br)n1. The minimum atomic E-state index is -0.316. The highest BCUT2D eigenvalue weighted by Crippen LogP contribution is 2.30. The second kappa shape index (κ2) is 9.09. The van der Waals surface area contributed by atoms with Crippen molar-refractivity contribution >= 4 is 60.3 Å². The summed E-state index contributed by atoms with van der Waals surface area (Å²) in [6.45, 7) is 0.446. The van der Waals surface area contributed by atoms with E-state index < -0.39 is 0 Å². The van der Waals surface area contributed by atoms with Gasteiger partial charge >= 0.3 is 0 Å². The van der Waals surface area contributed by atoms with E-state index in [4.69, 9.17) is 0 Å². The van der Waals surface area contributed by atoms with Crippen LogP contribution < -0.4 is 5.32 Å². The molecule has 0 unspecified atom stereocenters. The van der Waals surface area contributed by atoms with Crippen LogP contribution in [0.2, 0.25) is 0 Å². The Morgan fingerprint density at radius 1 is 0.861 bits per heavy atom. The van der Waals surface area contributed by atoms with Crippen molar-refractivity contribution in [1.29, 1.82) is 0 Å². The first-order chi connectivity index (χ1) is 17.6. The Balaban J connectivity index is 1.35. The van der Waals surface area contributed by atoms with Gasteiger partial charge in [-0.05, 0) is 42.3 Å². The lowest BCUT2D eigenvalue weighted by atomic mass is 10.0. The van der Waals surface area contributed by atoms with E-state index >= 15 is 0 Å².